The van der Waals surface area contributed by atoms with E-state index >= 15 is 0 Å². The monoisotopic (exact) mass is 460 g/mol. The van der Waals surface area contributed by atoms with Gasteiger partial charge in [-0.05, 0) is 42.5 Å². The molecule has 0 spiro atoms. The molecular weight excluding hydrogens is 440 g/mol. The third kappa shape index (κ3) is 3.12. The number of rotatable bonds is 3. The number of pyridine rings is 3. The fraction of sp³-hybridized carbons (Fsp3) is 0.115. The normalized spacial score (nSPS) is 15.5. The topological polar surface area (TPSA) is 96.5 Å². The molecule has 1 aliphatic heterocycles. The zero-order chi connectivity index (χ0) is 23.4. The minimum Gasteiger partial charge on any atom is -0.348 e. The van der Waals surface area contributed by atoms with E-state index in [0.717, 1.165) is 39.4 Å². The number of aromatic nitrogens is 7. The lowest BCUT2D eigenvalue weighted by atomic mass is 9.98. The number of carbonyl (C=O) groups is 1. The van der Waals surface area contributed by atoms with Gasteiger partial charge >= 0.3 is 0 Å². The van der Waals surface area contributed by atoms with Gasteiger partial charge in [0.25, 0.3) is 5.91 Å². The van der Waals surface area contributed by atoms with Crippen molar-refractivity contribution in [3.05, 3.63) is 108 Å². The van der Waals surface area contributed by atoms with Crippen LogP contribution in [0.25, 0.3) is 22.3 Å². The molecule has 9 heteroatoms. The molecule has 1 N–H and O–H groups in total. The minimum absolute atomic E-state index is 0.0960. The molecule has 1 aliphatic rings. The second-order valence-corrected chi connectivity index (χ2v) is 8.58. The highest BCUT2D eigenvalue weighted by molar-refractivity contribution is 6.01. The second kappa shape index (κ2) is 7.63. The van der Waals surface area contributed by atoms with Crippen LogP contribution in [0, 0.1) is 0 Å². The number of fused-ring (bicyclic) bond motifs is 3. The number of hydrogen-bond donors (Lipinski definition) is 1. The average Bonchev–Trinajstić information content (AvgIpc) is 3.65. The summed E-state index contributed by atoms with van der Waals surface area (Å²) in [6, 6.07) is 17.2. The summed E-state index contributed by atoms with van der Waals surface area (Å²) in [5.41, 5.74) is 6.70. The smallest absolute Gasteiger partial charge is 0.258 e. The Balaban J connectivity index is 1.30. The van der Waals surface area contributed by atoms with Crippen molar-refractivity contribution in [1.82, 2.24) is 39.1 Å². The van der Waals surface area contributed by atoms with E-state index in [-0.39, 0.29) is 11.9 Å². The summed E-state index contributed by atoms with van der Waals surface area (Å²) in [5.74, 6) is -0.0960. The van der Waals surface area contributed by atoms with Gasteiger partial charge in [-0.1, -0.05) is 12.1 Å². The second-order valence-electron chi connectivity index (χ2n) is 8.58. The molecule has 0 radical (unpaired) electrons. The van der Waals surface area contributed by atoms with E-state index in [1.165, 1.54) is 0 Å². The Labute approximate surface area is 199 Å². The van der Waals surface area contributed by atoms with Crippen molar-refractivity contribution in [2.75, 3.05) is 6.54 Å². The van der Waals surface area contributed by atoms with Crippen LogP contribution in [0.1, 0.15) is 33.5 Å². The number of nitrogens with zero attached hydrogens (tertiary/aromatic N) is 7. The largest absolute Gasteiger partial charge is 0.348 e. The first-order chi connectivity index (χ1) is 17.3. The van der Waals surface area contributed by atoms with Crippen LogP contribution in [0.5, 0.6) is 0 Å². The molecule has 35 heavy (non-hydrogen) atoms. The molecule has 0 saturated carbocycles. The summed E-state index contributed by atoms with van der Waals surface area (Å²) in [4.78, 5) is 28.0. The Kier molecular flexibility index (Phi) is 4.28. The molecule has 1 atom stereocenters. The van der Waals surface area contributed by atoms with E-state index < -0.39 is 0 Å². The van der Waals surface area contributed by atoms with Crippen LogP contribution in [-0.4, -0.2) is 51.5 Å². The van der Waals surface area contributed by atoms with Crippen molar-refractivity contribution in [3.63, 3.8) is 0 Å². The van der Waals surface area contributed by atoms with E-state index in [2.05, 4.69) is 20.1 Å². The maximum atomic E-state index is 13.9. The Morgan fingerprint density at radius 1 is 1.03 bits per heavy atom. The van der Waals surface area contributed by atoms with Crippen molar-refractivity contribution in [1.29, 1.82) is 0 Å². The van der Waals surface area contributed by atoms with Crippen LogP contribution < -0.4 is 0 Å². The van der Waals surface area contributed by atoms with Crippen LogP contribution in [0.3, 0.4) is 0 Å². The standard InChI is InChI=1S/C26H20N8O/c35-26(19-14-30-34-15-17(7-8-23(19)34)20-6-1-3-10-27-20)32-12-9-21-24(29-16-28-21)25(32)22-13-18-5-2-4-11-33(18)31-22/h1-8,10-11,13-16,25H,9,12H2,(H,28,29)/t25-/m0/s1. The Morgan fingerprint density at radius 2 is 1.97 bits per heavy atom. The van der Waals surface area contributed by atoms with Gasteiger partial charge in [-0.25, -0.2) is 14.0 Å². The third-order valence-corrected chi connectivity index (χ3v) is 6.56. The molecular formula is C26H20N8O. The Hall–Kier alpha value is -4.79. The molecule has 1 amide bonds. The van der Waals surface area contributed by atoms with Gasteiger partial charge in [0.15, 0.2) is 0 Å². The molecule has 6 aromatic rings. The van der Waals surface area contributed by atoms with Crippen LogP contribution in [0.4, 0.5) is 0 Å². The predicted octanol–water partition coefficient (Wildman–Crippen LogP) is 3.56. The van der Waals surface area contributed by atoms with Gasteiger partial charge in [-0.2, -0.15) is 10.2 Å². The number of amides is 1. The number of hydrogen-bond acceptors (Lipinski definition) is 5. The van der Waals surface area contributed by atoms with Crippen LogP contribution in [0.2, 0.25) is 0 Å². The van der Waals surface area contributed by atoms with Gasteiger partial charge < -0.3 is 9.88 Å². The van der Waals surface area contributed by atoms with E-state index in [1.807, 2.05) is 76.4 Å². The van der Waals surface area contributed by atoms with Crippen molar-refractivity contribution >= 4 is 16.9 Å². The zero-order valence-electron chi connectivity index (χ0n) is 18.6. The minimum atomic E-state index is -0.389. The van der Waals surface area contributed by atoms with Crippen molar-refractivity contribution in [2.45, 2.75) is 12.5 Å². The molecule has 0 fully saturated rings. The predicted molar refractivity (Wildman–Crippen MR) is 129 cm³/mol. The highest BCUT2D eigenvalue weighted by Gasteiger charge is 2.37. The highest BCUT2D eigenvalue weighted by Crippen LogP contribution is 2.35. The number of nitrogens with one attached hydrogen (secondary N) is 1. The van der Waals surface area contributed by atoms with E-state index in [9.17, 15) is 4.79 Å². The summed E-state index contributed by atoms with van der Waals surface area (Å²) >= 11 is 0. The number of H-pyrrole nitrogens is 1. The number of carbonyl (C=O) groups excluding carboxylic acids is 1. The van der Waals surface area contributed by atoms with Gasteiger partial charge in [0.05, 0.1) is 46.2 Å². The van der Waals surface area contributed by atoms with Gasteiger partial charge in [0.2, 0.25) is 0 Å². The molecule has 0 saturated heterocycles. The van der Waals surface area contributed by atoms with Crippen molar-refractivity contribution < 1.29 is 4.79 Å². The molecule has 7 rings (SSSR count). The first-order valence-electron chi connectivity index (χ1n) is 11.4. The van der Waals surface area contributed by atoms with Crippen LogP contribution in [0.15, 0.2) is 85.7 Å². The van der Waals surface area contributed by atoms with E-state index in [0.29, 0.717) is 18.5 Å². The summed E-state index contributed by atoms with van der Waals surface area (Å²) in [7, 11) is 0. The maximum Gasteiger partial charge on any atom is 0.258 e. The molecule has 170 valence electrons. The molecule has 0 bridgehead atoms. The lowest BCUT2D eigenvalue weighted by Crippen LogP contribution is -2.41. The fourth-order valence-corrected chi connectivity index (χ4v) is 4.88. The molecule has 0 aromatic carbocycles. The molecule has 0 unspecified atom stereocenters. The summed E-state index contributed by atoms with van der Waals surface area (Å²) in [6.07, 6.45) is 9.60. The molecule has 7 heterocycles. The quantitative estimate of drug-likeness (QED) is 0.436. The first-order valence-corrected chi connectivity index (χ1v) is 11.4. The van der Waals surface area contributed by atoms with Gasteiger partial charge in [-0.3, -0.25) is 9.78 Å². The lowest BCUT2D eigenvalue weighted by molar-refractivity contribution is 0.0689. The first kappa shape index (κ1) is 19.7. The third-order valence-electron chi connectivity index (χ3n) is 6.56. The Morgan fingerprint density at radius 3 is 2.86 bits per heavy atom. The van der Waals surface area contributed by atoms with Crippen LogP contribution >= 0.6 is 0 Å². The van der Waals surface area contributed by atoms with Gasteiger partial charge in [0, 0.05) is 42.8 Å². The van der Waals surface area contributed by atoms with E-state index in [1.54, 1.807) is 23.2 Å². The number of aromatic amines is 1. The summed E-state index contributed by atoms with van der Waals surface area (Å²) < 4.78 is 3.56. The lowest BCUT2D eigenvalue weighted by Gasteiger charge is -2.33. The van der Waals surface area contributed by atoms with Gasteiger partial charge in [0.1, 0.15) is 6.04 Å². The maximum absolute atomic E-state index is 13.9. The highest BCUT2D eigenvalue weighted by atomic mass is 16.2. The molecule has 9 nitrogen and oxygen atoms in total. The SMILES string of the molecule is O=C(c1cnn2cc(-c3ccccn3)ccc12)N1CCc2[nH]cnc2[C@@H]1c1cc2ccccn2n1. The van der Waals surface area contributed by atoms with Crippen molar-refractivity contribution in [2.24, 2.45) is 0 Å². The molecule has 0 aliphatic carbocycles. The molecule has 6 aromatic heterocycles. The van der Waals surface area contributed by atoms with Crippen molar-refractivity contribution in [3.8, 4) is 11.3 Å². The summed E-state index contributed by atoms with van der Waals surface area (Å²) in [5, 5.41) is 9.26. The number of imidazole rings is 1. The fourth-order valence-electron chi connectivity index (χ4n) is 4.88. The Bertz CT molecular complexity index is 1660. The van der Waals surface area contributed by atoms with Crippen LogP contribution in [-0.2, 0) is 6.42 Å². The van der Waals surface area contributed by atoms with E-state index in [4.69, 9.17) is 5.10 Å². The van der Waals surface area contributed by atoms with Gasteiger partial charge in [-0.15, -0.1) is 0 Å². The average molecular weight is 461 g/mol. The summed E-state index contributed by atoms with van der Waals surface area (Å²) in [6.45, 7) is 0.552. The zero-order valence-corrected chi connectivity index (χ0v) is 18.6.